The van der Waals surface area contributed by atoms with Gasteiger partial charge in [-0.1, -0.05) is 25.1 Å². The molecule has 0 spiro atoms. The van der Waals surface area contributed by atoms with Gasteiger partial charge in [-0.3, -0.25) is 4.79 Å². The summed E-state index contributed by atoms with van der Waals surface area (Å²) in [4.78, 5) is 13.8. The molecular formula is C20H21NO2S. The first-order chi connectivity index (χ1) is 11.5. The predicted octanol–water partition coefficient (Wildman–Crippen LogP) is 5.72. The maximum atomic E-state index is 12.7. The zero-order valence-electron chi connectivity index (χ0n) is 14.4. The summed E-state index contributed by atoms with van der Waals surface area (Å²) in [6, 6.07) is 11.9. The van der Waals surface area contributed by atoms with Gasteiger partial charge in [0, 0.05) is 15.8 Å². The van der Waals surface area contributed by atoms with Gasteiger partial charge in [0.2, 0.25) is 0 Å². The fourth-order valence-electron chi connectivity index (χ4n) is 3.04. The van der Waals surface area contributed by atoms with Crippen LogP contribution in [0.3, 0.4) is 0 Å². The SMILES string of the molecule is CCSc1ccccc1NC(=O)c1oc2cc(C)cc(C)c2c1C. The lowest BCUT2D eigenvalue weighted by Crippen LogP contribution is -2.12. The minimum Gasteiger partial charge on any atom is -0.451 e. The lowest BCUT2D eigenvalue weighted by atomic mass is 10.0. The van der Waals surface area contributed by atoms with Crippen molar-refractivity contribution in [1.82, 2.24) is 0 Å². The number of nitrogens with one attached hydrogen (secondary N) is 1. The second-order valence-corrected chi connectivity index (χ2v) is 7.20. The van der Waals surface area contributed by atoms with Gasteiger partial charge >= 0.3 is 0 Å². The van der Waals surface area contributed by atoms with Crippen LogP contribution in [0.15, 0.2) is 45.7 Å². The second kappa shape index (κ2) is 6.73. The largest absolute Gasteiger partial charge is 0.451 e. The molecule has 1 amide bonds. The number of furan rings is 1. The predicted molar refractivity (Wildman–Crippen MR) is 101 cm³/mol. The second-order valence-electron chi connectivity index (χ2n) is 5.89. The molecule has 1 N–H and O–H groups in total. The number of fused-ring (bicyclic) bond motifs is 1. The van der Waals surface area contributed by atoms with E-state index in [1.807, 2.05) is 51.1 Å². The summed E-state index contributed by atoms with van der Waals surface area (Å²) >= 11 is 1.71. The molecule has 0 atom stereocenters. The van der Waals surface area contributed by atoms with Gasteiger partial charge in [0.15, 0.2) is 5.76 Å². The zero-order valence-corrected chi connectivity index (χ0v) is 15.2. The van der Waals surface area contributed by atoms with Crippen LogP contribution in [-0.4, -0.2) is 11.7 Å². The zero-order chi connectivity index (χ0) is 17.3. The van der Waals surface area contributed by atoms with Crippen molar-refractivity contribution in [2.24, 2.45) is 0 Å². The fourth-order valence-corrected chi connectivity index (χ4v) is 3.80. The minimum atomic E-state index is -0.204. The van der Waals surface area contributed by atoms with Crippen LogP contribution in [0.5, 0.6) is 0 Å². The Bertz CT molecular complexity index is 911. The maximum Gasteiger partial charge on any atom is 0.291 e. The van der Waals surface area contributed by atoms with Crippen molar-refractivity contribution in [3.05, 3.63) is 58.8 Å². The van der Waals surface area contributed by atoms with E-state index in [0.29, 0.717) is 5.76 Å². The summed E-state index contributed by atoms with van der Waals surface area (Å²) in [5.41, 5.74) is 4.74. The van der Waals surface area contributed by atoms with Gasteiger partial charge < -0.3 is 9.73 Å². The van der Waals surface area contributed by atoms with Crippen LogP contribution in [0.2, 0.25) is 0 Å². The Morgan fingerprint density at radius 3 is 2.67 bits per heavy atom. The van der Waals surface area contributed by atoms with Gasteiger partial charge in [0.05, 0.1) is 5.69 Å². The average molecular weight is 339 g/mol. The Kier molecular flexibility index (Phi) is 4.67. The van der Waals surface area contributed by atoms with E-state index in [1.54, 1.807) is 11.8 Å². The molecule has 3 aromatic rings. The molecule has 0 fully saturated rings. The number of benzene rings is 2. The molecule has 3 rings (SSSR count). The van der Waals surface area contributed by atoms with E-state index < -0.39 is 0 Å². The molecule has 3 nitrogen and oxygen atoms in total. The highest BCUT2D eigenvalue weighted by Crippen LogP contribution is 2.31. The number of amides is 1. The topological polar surface area (TPSA) is 42.2 Å². The van der Waals surface area contributed by atoms with Gasteiger partial charge in [-0.2, -0.15) is 0 Å². The Morgan fingerprint density at radius 1 is 1.17 bits per heavy atom. The number of hydrogen-bond acceptors (Lipinski definition) is 3. The maximum absolute atomic E-state index is 12.7. The summed E-state index contributed by atoms with van der Waals surface area (Å²) in [7, 11) is 0. The third kappa shape index (κ3) is 3.06. The molecule has 0 aliphatic rings. The average Bonchev–Trinajstić information content (AvgIpc) is 2.86. The number of thioether (sulfide) groups is 1. The molecule has 0 saturated carbocycles. The van der Waals surface area contributed by atoms with Gasteiger partial charge in [-0.05, 0) is 55.9 Å². The van der Waals surface area contributed by atoms with Crippen LogP contribution in [0, 0.1) is 20.8 Å². The third-order valence-electron chi connectivity index (χ3n) is 4.01. The number of anilines is 1. The minimum absolute atomic E-state index is 0.204. The normalized spacial score (nSPS) is 11.0. The van der Waals surface area contributed by atoms with E-state index in [4.69, 9.17) is 4.42 Å². The molecule has 0 aliphatic heterocycles. The van der Waals surface area contributed by atoms with Crippen LogP contribution in [0.1, 0.15) is 34.2 Å². The summed E-state index contributed by atoms with van der Waals surface area (Å²) < 4.78 is 5.88. The number of aryl methyl sites for hydroxylation is 3. The van der Waals surface area contributed by atoms with Gasteiger partial charge in [0.25, 0.3) is 5.91 Å². The Balaban J connectivity index is 1.98. The van der Waals surface area contributed by atoms with Gasteiger partial charge in [0.1, 0.15) is 5.58 Å². The molecule has 0 bridgehead atoms. The monoisotopic (exact) mass is 339 g/mol. The molecule has 0 aliphatic carbocycles. The number of carbonyl (C=O) groups excluding carboxylic acids is 1. The van der Waals surface area contributed by atoms with Crippen molar-refractivity contribution in [3.63, 3.8) is 0 Å². The van der Waals surface area contributed by atoms with E-state index in [9.17, 15) is 4.79 Å². The highest BCUT2D eigenvalue weighted by molar-refractivity contribution is 7.99. The number of para-hydroxylation sites is 1. The fraction of sp³-hybridized carbons (Fsp3) is 0.250. The Labute approximate surface area is 146 Å². The number of hydrogen-bond donors (Lipinski definition) is 1. The third-order valence-corrected chi connectivity index (χ3v) is 4.97. The van der Waals surface area contributed by atoms with E-state index in [2.05, 4.69) is 18.3 Å². The molecular weight excluding hydrogens is 318 g/mol. The van der Waals surface area contributed by atoms with E-state index in [0.717, 1.165) is 44.0 Å². The van der Waals surface area contributed by atoms with Gasteiger partial charge in [-0.25, -0.2) is 0 Å². The molecule has 1 heterocycles. The van der Waals surface area contributed by atoms with Crippen LogP contribution < -0.4 is 5.32 Å². The van der Waals surface area contributed by atoms with E-state index >= 15 is 0 Å². The van der Waals surface area contributed by atoms with Crippen molar-refractivity contribution in [3.8, 4) is 0 Å². The van der Waals surface area contributed by atoms with Crippen molar-refractivity contribution in [2.45, 2.75) is 32.6 Å². The summed E-state index contributed by atoms with van der Waals surface area (Å²) in [5, 5.41) is 4.02. The highest BCUT2D eigenvalue weighted by Gasteiger charge is 2.20. The lowest BCUT2D eigenvalue weighted by Gasteiger charge is -2.09. The smallest absolute Gasteiger partial charge is 0.291 e. The van der Waals surface area contributed by atoms with Crippen molar-refractivity contribution >= 4 is 34.3 Å². The molecule has 0 saturated heterocycles. The molecule has 24 heavy (non-hydrogen) atoms. The summed E-state index contributed by atoms with van der Waals surface area (Å²) in [6.45, 7) is 8.11. The highest BCUT2D eigenvalue weighted by atomic mass is 32.2. The van der Waals surface area contributed by atoms with Crippen molar-refractivity contribution < 1.29 is 9.21 Å². The van der Waals surface area contributed by atoms with E-state index in [1.165, 1.54) is 0 Å². The van der Waals surface area contributed by atoms with Crippen molar-refractivity contribution in [2.75, 3.05) is 11.1 Å². The first kappa shape index (κ1) is 16.7. The molecule has 4 heteroatoms. The first-order valence-electron chi connectivity index (χ1n) is 8.04. The van der Waals surface area contributed by atoms with Crippen LogP contribution in [0.4, 0.5) is 5.69 Å². The van der Waals surface area contributed by atoms with Crippen molar-refractivity contribution in [1.29, 1.82) is 0 Å². The van der Waals surface area contributed by atoms with Crippen LogP contribution >= 0.6 is 11.8 Å². The number of carbonyl (C=O) groups is 1. The lowest BCUT2D eigenvalue weighted by molar-refractivity contribution is 0.0997. The van der Waals surface area contributed by atoms with E-state index in [-0.39, 0.29) is 5.91 Å². The Hall–Kier alpha value is -2.20. The van der Waals surface area contributed by atoms with Gasteiger partial charge in [-0.15, -0.1) is 11.8 Å². The van der Waals surface area contributed by atoms with Crippen LogP contribution in [0.25, 0.3) is 11.0 Å². The quantitative estimate of drug-likeness (QED) is 0.618. The first-order valence-corrected chi connectivity index (χ1v) is 9.03. The standard InChI is InChI=1S/C20H21NO2S/c1-5-24-17-9-7-6-8-15(17)21-20(22)19-14(4)18-13(3)10-12(2)11-16(18)23-19/h6-11H,5H2,1-4H3,(H,21,22). The molecule has 0 radical (unpaired) electrons. The number of rotatable bonds is 4. The summed E-state index contributed by atoms with van der Waals surface area (Å²) in [5.74, 6) is 1.13. The Morgan fingerprint density at radius 2 is 1.92 bits per heavy atom. The molecule has 2 aromatic carbocycles. The summed E-state index contributed by atoms with van der Waals surface area (Å²) in [6.07, 6.45) is 0. The molecule has 1 aromatic heterocycles. The van der Waals surface area contributed by atoms with Crippen LogP contribution in [-0.2, 0) is 0 Å². The molecule has 124 valence electrons. The molecule has 0 unspecified atom stereocenters.